The molecule has 3 saturated heterocycles. The molecule has 4 fully saturated rings. The first-order valence-electron chi connectivity index (χ1n) is 14.7. The zero-order valence-corrected chi connectivity index (χ0v) is 24.1. The lowest BCUT2D eigenvalue weighted by atomic mass is 9.76. The summed E-state index contributed by atoms with van der Waals surface area (Å²) in [5, 5.41) is 0. The van der Waals surface area contributed by atoms with Gasteiger partial charge in [-0.05, 0) is 80.3 Å². The zero-order chi connectivity index (χ0) is 27.9. The van der Waals surface area contributed by atoms with E-state index in [0.717, 1.165) is 69.7 Å². The Morgan fingerprint density at radius 3 is 2.20 bits per heavy atom. The van der Waals surface area contributed by atoms with Gasteiger partial charge in [-0.2, -0.15) is 13.2 Å². The van der Waals surface area contributed by atoms with Crippen molar-refractivity contribution in [2.45, 2.75) is 57.2 Å². The van der Waals surface area contributed by atoms with Gasteiger partial charge >= 0.3 is 6.18 Å². The number of benzene rings is 2. The molecule has 3 aliphatic heterocycles. The van der Waals surface area contributed by atoms with Gasteiger partial charge in [0.05, 0.1) is 11.0 Å². The van der Waals surface area contributed by atoms with Gasteiger partial charge < -0.3 is 14.7 Å². The van der Waals surface area contributed by atoms with Gasteiger partial charge in [0.1, 0.15) is 0 Å². The van der Waals surface area contributed by atoms with E-state index >= 15 is 0 Å². The molecule has 2 amide bonds. The van der Waals surface area contributed by atoms with Crippen molar-refractivity contribution >= 4 is 24.2 Å². The van der Waals surface area contributed by atoms with E-state index in [1.165, 1.54) is 30.5 Å². The van der Waals surface area contributed by atoms with Crippen LogP contribution in [0.5, 0.6) is 0 Å². The molecule has 6 rings (SSSR count). The second-order valence-electron chi connectivity index (χ2n) is 12.5. The number of nitrogens with zero attached hydrogens (tertiary/aromatic N) is 3. The maximum atomic E-state index is 13.5. The Hall–Kier alpha value is -2.58. The van der Waals surface area contributed by atoms with Crippen molar-refractivity contribution < 1.29 is 22.8 Å². The maximum absolute atomic E-state index is 13.5. The third-order valence-electron chi connectivity index (χ3n) is 9.74. The first-order chi connectivity index (χ1) is 19.2. The summed E-state index contributed by atoms with van der Waals surface area (Å²) < 4.78 is 38.7. The van der Waals surface area contributed by atoms with Crippen molar-refractivity contribution in [3.05, 3.63) is 71.3 Å². The summed E-state index contributed by atoms with van der Waals surface area (Å²) in [5.74, 6) is 1.73. The molecule has 3 heterocycles. The van der Waals surface area contributed by atoms with E-state index in [1.807, 2.05) is 11.0 Å². The average Bonchev–Trinajstić information content (AvgIpc) is 3.59. The molecule has 4 aliphatic rings. The highest BCUT2D eigenvalue weighted by Crippen LogP contribution is 2.43. The fourth-order valence-corrected chi connectivity index (χ4v) is 7.06. The predicted molar refractivity (Wildman–Crippen MR) is 153 cm³/mol. The van der Waals surface area contributed by atoms with Crippen LogP contribution in [0, 0.1) is 17.3 Å². The standard InChI is InChI=1S/C32H38F3N3O2.ClH/c33-32(34,35)27-10-8-24(9-11-27)19-37-17-14-31(30(37)40)12-15-36(16-13-31)20-26-21-38(29(39)18-23-6-7-23)22-28(26)25-4-2-1-3-5-25;/h1-5,8-11,23,26,28H,6-7,12-22H2;1H/t26-,28?;/m0./s1. The third kappa shape index (κ3) is 6.59. The van der Waals surface area contributed by atoms with Gasteiger partial charge in [0, 0.05) is 45.1 Å². The van der Waals surface area contributed by atoms with Crippen molar-refractivity contribution in [3.63, 3.8) is 0 Å². The summed E-state index contributed by atoms with van der Waals surface area (Å²) in [5.41, 5.74) is 1.00. The Kier molecular flexibility index (Phi) is 8.72. The summed E-state index contributed by atoms with van der Waals surface area (Å²) in [6.07, 6.45) is 1.11. The molecule has 1 spiro atoms. The molecule has 2 atom stereocenters. The lowest BCUT2D eigenvalue weighted by molar-refractivity contribution is -0.139. The van der Waals surface area contributed by atoms with Crippen LogP contribution in [-0.2, 0) is 22.3 Å². The second-order valence-corrected chi connectivity index (χ2v) is 12.5. The van der Waals surface area contributed by atoms with Crippen molar-refractivity contribution in [3.8, 4) is 0 Å². The molecule has 1 saturated carbocycles. The number of hydrogen-bond donors (Lipinski definition) is 0. The van der Waals surface area contributed by atoms with Crippen LogP contribution < -0.4 is 0 Å². The van der Waals surface area contributed by atoms with E-state index in [9.17, 15) is 22.8 Å². The first kappa shape index (κ1) is 29.9. The highest BCUT2D eigenvalue weighted by molar-refractivity contribution is 5.85. The number of amides is 2. The SMILES string of the molecule is Cl.O=C(CC1CC1)N1CC(c2ccccc2)[C@@H](CN2CCC3(CC2)CCN(Cc2ccc(C(F)(F)F)cc2)C3=O)C1. The number of hydrogen-bond acceptors (Lipinski definition) is 3. The number of carbonyl (C=O) groups excluding carboxylic acids is 2. The Balaban J connectivity index is 0.00000337. The Morgan fingerprint density at radius 2 is 1.56 bits per heavy atom. The van der Waals surface area contributed by atoms with Crippen molar-refractivity contribution in [2.75, 3.05) is 39.3 Å². The van der Waals surface area contributed by atoms with Crippen LogP contribution >= 0.6 is 12.4 Å². The molecule has 0 bridgehead atoms. The molecular formula is C32H39ClF3N3O2. The minimum absolute atomic E-state index is 0. The number of halogens is 4. The van der Waals surface area contributed by atoms with Crippen molar-refractivity contribution in [1.82, 2.24) is 14.7 Å². The molecular weight excluding hydrogens is 551 g/mol. The van der Waals surface area contributed by atoms with Gasteiger partial charge in [0.2, 0.25) is 11.8 Å². The van der Waals surface area contributed by atoms with E-state index in [-0.39, 0.29) is 23.7 Å². The van der Waals surface area contributed by atoms with Crippen LogP contribution in [0.15, 0.2) is 54.6 Å². The smallest absolute Gasteiger partial charge is 0.342 e. The minimum atomic E-state index is -4.36. The molecule has 0 N–H and O–H groups in total. The topological polar surface area (TPSA) is 43.9 Å². The van der Waals surface area contributed by atoms with Gasteiger partial charge in [-0.3, -0.25) is 9.59 Å². The molecule has 2 aromatic rings. The number of rotatable bonds is 7. The number of carbonyl (C=O) groups is 2. The maximum Gasteiger partial charge on any atom is 0.416 e. The molecule has 41 heavy (non-hydrogen) atoms. The van der Waals surface area contributed by atoms with Gasteiger partial charge in [0.15, 0.2) is 0 Å². The summed E-state index contributed by atoms with van der Waals surface area (Å²) in [6, 6.07) is 15.7. The van der Waals surface area contributed by atoms with E-state index in [4.69, 9.17) is 0 Å². The molecule has 2 aromatic carbocycles. The van der Waals surface area contributed by atoms with Gasteiger partial charge in [-0.25, -0.2) is 0 Å². The van der Waals surface area contributed by atoms with Gasteiger partial charge in [-0.1, -0.05) is 42.5 Å². The minimum Gasteiger partial charge on any atom is -0.342 e. The molecule has 0 aromatic heterocycles. The monoisotopic (exact) mass is 589 g/mol. The van der Waals surface area contributed by atoms with Crippen LogP contribution in [-0.4, -0.2) is 65.8 Å². The quantitative estimate of drug-likeness (QED) is 0.399. The van der Waals surface area contributed by atoms with E-state index in [2.05, 4.69) is 34.1 Å². The molecule has 1 unspecified atom stereocenters. The van der Waals surface area contributed by atoms with E-state index in [1.54, 1.807) is 0 Å². The Bertz CT molecular complexity index is 1210. The van der Waals surface area contributed by atoms with E-state index < -0.39 is 11.7 Å². The molecule has 9 heteroatoms. The first-order valence-corrected chi connectivity index (χ1v) is 14.7. The fraction of sp³-hybridized carbons (Fsp3) is 0.562. The largest absolute Gasteiger partial charge is 0.416 e. The van der Waals surface area contributed by atoms with Crippen LogP contribution in [0.4, 0.5) is 13.2 Å². The summed E-state index contributed by atoms with van der Waals surface area (Å²) in [7, 11) is 0. The zero-order valence-electron chi connectivity index (χ0n) is 23.3. The number of piperidine rings is 1. The Morgan fingerprint density at radius 1 is 0.902 bits per heavy atom. The fourth-order valence-electron chi connectivity index (χ4n) is 7.06. The van der Waals surface area contributed by atoms with E-state index in [0.29, 0.717) is 43.2 Å². The summed E-state index contributed by atoms with van der Waals surface area (Å²) in [4.78, 5) is 32.8. The van der Waals surface area contributed by atoms with Crippen LogP contribution in [0.1, 0.15) is 61.1 Å². The lowest BCUT2D eigenvalue weighted by Crippen LogP contribution is -2.46. The highest BCUT2D eigenvalue weighted by Gasteiger charge is 2.48. The predicted octanol–water partition coefficient (Wildman–Crippen LogP) is 5.98. The second kappa shape index (κ2) is 12.0. The Labute approximate surface area is 246 Å². The summed E-state index contributed by atoms with van der Waals surface area (Å²) in [6.45, 7) is 5.22. The highest BCUT2D eigenvalue weighted by atomic mass is 35.5. The number of alkyl halides is 3. The van der Waals surface area contributed by atoms with Gasteiger partial charge in [-0.15, -0.1) is 12.4 Å². The van der Waals surface area contributed by atoms with Crippen LogP contribution in [0.3, 0.4) is 0 Å². The average molecular weight is 590 g/mol. The van der Waals surface area contributed by atoms with Crippen LogP contribution in [0.25, 0.3) is 0 Å². The van der Waals surface area contributed by atoms with Gasteiger partial charge in [0.25, 0.3) is 0 Å². The number of likely N-dealkylation sites (tertiary alicyclic amines) is 3. The van der Waals surface area contributed by atoms with Crippen molar-refractivity contribution in [1.29, 1.82) is 0 Å². The molecule has 0 radical (unpaired) electrons. The lowest BCUT2D eigenvalue weighted by Gasteiger charge is -2.39. The van der Waals surface area contributed by atoms with Crippen molar-refractivity contribution in [2.24, 2.45) is 17.3 Å². The molecule has 222 valence electrons. The normalized spacial score (nSPS) is 24.6. The molecule has 5 nitrogen and oxygen atoms in total. The molecule has 1 aliphatic carbocycles. The summed E-state index contributed by atoms with van der Waals surface area (Å²) >= 11 is 0. The third-order valence-corrected chi connectivity index (χ3v) is 9.74. The van der Waals surface area contributed by atoms with Crippen LogP contribution in [0.2, 0.25) is 0 Å².